The summed E-state index contributed by atoms with van der Waals surface area (Å²) in [6, 6.07) is 7.79. The summed E-state index contributed by atoms with van der Waals surface area (Å²) in [4.78, 5) is 0. The van der Waals surface area contributed by atoms with Crippen molar-refractivity contribution in [3.8, 4) is 5.75 Å². The molecule has 0 spiro atoms. The Morgan fingerprint density at radius 1 is 1.53 bits per heavy atom. The van der Waals surface area contributed by atoms with Gasteiger partial charge in [-0.25, -0.2) is 0 Å². The van der Waals surface area contributed by atoms with Crippen LogP contribution in [0.25, 0.3) is 0 Å². The van der Waals surface area contributed by atoms with Crippen molar-refractivity contribution >= 4 is 18.4 Å². The highest BCUT2D eigenvalue weighted by Crippen LogP contribution is 2.12. The Kier molecular flexibility index (Phi) is 4.85. The normalized spacial score (nSPS) is 11.0. The molecule has 0 saturated heterocycles. The number of unbranched alkanes of at least 4 members (excludes halogenated alkanes) is 1. The van der Waals surface area contributed by atoms with E-state index in [0.717, 1.165) is 30.8 Å². The summed E-state index contributed by atoms with van der Waals surface area (Å²) in [6.07, 6.45) is 5.43. The van der Waals surface area contributed by atoms with Crippen molar-refractivity contribution in [2.45, 2.75) is 19.8 Å². The minimum absolute atomic E-state index is 0.464. The topological polar surface area (TPSA) is 55.2 Å². The molecule has 19 heavy (non-hydrogen) atoms. The lowest BCUT2D eigenvalue weighted by atomic mass is 10.2. The van der Waals surface area contributed by atoms with Crippen molar-refractivity contribution < 1.29 is 4.74 Å². The highest BCUT2D eigenvalue weighted by atomic mass is 32.1. The molecule has 1 aromatic carbocycles. The third-order valence-electron chi connectivity index (χ3n) is 2.49. The number of ether oxygens (including phenoxy) is 1. The summed E-state index contributed by atoms with van der Waals surface area (Å²) in [6.45, 7) is 2.88. The lowest BCUT2D eigenvalue weighted by Gasteiger charge is -2.05. The molecule has 0 atom stereocenters. The van der Waals surface area contributed by atoms with Gasteiger partial charge in [0, 0.05) is 0 Å². The fourth-order valence-corrected chi connectivity index (χ4v) is 1.62. The van der Waals surface area contributed by atoms with Gasteiger partial charge in [-0.05, 0) is 36.3 Å². The van der Waals surface area contributed by atoms with E-state index in [9.17, 15) is 0 Å². The van der Waals surface area contributed by atoms with Crippen LogP contribution in [0.1, 0.15) is 25.3 Å². The number of benzene rings is 1. The lowest BCUT2D eigenvalue weighted by Crippen LogP contribution is -1.97. The number of rotatable bonds is 6. The standard InChI is InChI=1S/C13H16N4OS/c1-2-3-7-18-12-6-4-5-11(8-12)9-15-17-10-14-16-13(17)19/h4-6,8-10H,2-3,7H2,1H3,(H,16,19)/b15-9-. The summed E-state index contributed by atoms with van der Waals surface area (Å²) >= 11 is 5.00. The van der Waals surface area contributed by atoms with E-state index in [4.69, 9.17) is 17.0 Å². The van der Waals surface area contributed by atoms with E-state index in [1.807, 2.05) is 24.3 Å². The minimum Gasteiger partial charge on any atom is -0.494 e. The number of nitrogens with one attached hydrogen (secondary N) is 1. The molecule has 5 nitrogen and oxygen atoms in total. The molecule has 0 fully saturated rings. The molecule has 0 aliphatic carbocycles. The quantitative estimate of drug-likeness (QED) is 0.501. The molecule has 0 amide bonds. The van der Waals surface area contributed by atoms with Crippen molar-refractivity contribution in [1.82, 2.24) is 14.9 Å². The molecular weight excluding hydrogens is 260 g/mol. The molecule has 2 aromatic rings. The van der Waals surface area contributed by atoms with E-state index in [1.54, 1.807) is 6.21 Å². The van der Waals surface area contributed by atoms with Crippen molar-refractivity contribution in [3.05, 3.63) is 40.9 Å². The average molecular weight is 276 g/mol. The zero-order chi connectivity index (χ0) is 13.5. The largest absolute Gasteiger partial charge is 0.494 e. The molecule has 0 saturated carbocycles. The maximum absolute atomic E-state index is 5.64. The summed E-state index contributed by atoms with van der Waals surface area (Å²) in [7, 11) is 0. The molecule has 1 heterocycles. The van der Waals surface area contributed by atoms with Gasteiger partial charge in [0.1, 0.15) is 12.1 Å². The molecule has 0 unspecified atom stereocenters. The first-order valence-electron chi connectivity index (χ1n) is 6.19. The van der Waals surface area contributed by atoms with Crippen LogP contribution in [0.2, 0.25) is 0 Å². The molecular formula is C13H16N4OS. The number of aromatic nitrogens is 3. The molecule has 0 aliphatic heterocycles. The lowest BCUT2D eigenvalue weighted by molar-refractivity contribution is 0.309. The van der Waals surface area contributed by atoms with Crippen LogP contribution >= 0.6 is 12.2 Å². The Morgan fingerprint density at radius 3 is 3.16 bits per heavy atom. The number of nitrogens with zero attached hydrogens (tertiary/aromatic N) is 3. The van der Waals surface area contributed by atoms with Crippen LogP contribution < -0.4 is 4.74 Å². The van der Waals surface area contributed by atoms with E-state index >= 15 is 0 Å². The van der Waals surface area contributed by atoms with Crippen molar-refractivity contribution in [3.63, 3.8) is 0 Å². The first-order valence-corrected chi connectivity index (χ1v) is 6.59. The molecule has 2 rings (SSSR count). The zero-order valence-electron chi connectivity index (χ0n) is 10.7. The van der Waals surface area contributed by atoms with Gasteiger partial charge in [-0.15, -0.1) is 0 Å². The first-order chi connectivity index (χ1) is 9.29. The second kappa shape index (κ2) is 6.84. The van der Waals surface area contributed by atoms with Gasteiger partial charge in [0.05, 0.1) is 12.8 Å². The van der Waals surface area contributed by atoms with Gasteiger partial charge < -0.3 is 4.74 Å². The predicted molar refractivity (Wildman–Crippen MR) is 77.2 cm³/mol. The van der Waals surface area contributed by atoms with Crippen LogP contribution in [-0.4, -0.2) is 27.7 Å². The van der Waals surface area contributed by atoms with E-state index in [2.05, 4.69) is 22.2 Å². The van der Waals surface area contributed by atoms with Gasteiger partial charge in [-0.1, -0.05) is 25.5 Å². The Labute approximate surface area is 116 Å². The molecule has 0 bridgehead atoms. The smallest absolute Gasteiger partial charge is 0.216 e. The van der Waals surface area contributed by atoms with Crippen molar-refractivity contribution in [1.29, 1.82) is 0 Å². The van der Waals surface area contributed by atoms with Gasteiger partial charge in [0.2, 0.25) is 4.77 Å². The van der Waals surface area contributed by atoms with Crippen LogP contribution in [0.5, 0.6) is 5.75 Å². The Hall–Kier alpha value is -1.95. The minimum atomic E-state index is 0.464. The molecule has 1 N–H and O–H groups in total. The van der Waals surface area contributed by atoms with Crippen LogP contribution in [-0.2, 0) is 0 Å². The monoisotopic (exact) mass is 276 g/mol. The summed E-state index contributed by atoms with van der Waals surface area (Å²) < 4.78 is 7.60. The Morgan fingerprint density at radius 2 is 2.42 bits per heavy atom. The number of hydrogen-bond donors (Lipinski definition) is 1. The average Bonchev–Trinajstić information content (AvgIpc) is 2.83. The van der Waals surface area contributed by atoms with Crippen LogP contribution in [0.3, 0.4) is 0 Å². The van der Waals surface area contributed by atoms with E-state index in [0.29, 0.717) is 4.77 Å². The molecule has 0 radical (unpaired) electrons. The van der Waals surface area contributed by atoms with E-state index in [1.165, 1.54) is 11.0 Å². The molecule has 0 aliphatic rings. The number of H-pyrrole nitrogens is 1. The third-order valence-corrected chi connectivity index (χ3v) is 2.77. The highest BCUT2D eigenvalue weighted by Gasteiger charge is 1.95. The highest BCUT2D eigenvalue weighted by molar-refractivity contribution is 7.71. The van der Waals surface area contributed by atoms with E-state index < -0.39 is 0 Å². The van der Waals surface area contributed by atoms with Crippen molar-refractivity contribution in [2.24, 2.45) is 5.10 Å². The second-order valence-electron chi connectivity index (χ2n) is 4.03. The van der Waals surface area contributed by atoms with Crippen molar-refractivity contribution in [2.75, 3.05) is 6.61 Å². The molecule has 100 valence electrons. The zero-order valence-corrected chi connectivity index (χ0v) is 11.6. The predicted octanol–water partition coefficient (Wildman–Crippen LogP) is 3.00. The number of aromatic amines is 1. The molecule has 1 aromatic heterocycles. The van der Waals surface area contributed by atoms with Crippen LogP contribution in [0.4, 0.5) is 0 Å². The SMILES string of the molecule is CCCCOc1cccc(/C=N\n2cn[nH]c2=S)c1. The fourth-order valence-electron chi connectivity index (χ4n) is 1.47. The first kappa shape index (κ1) is 13.5. The van der Waals surface area contributed by atoms with Crippen LogP contribution in [0.15, 0.2) is 35.7 Å². The second-order valence-corrected chi connectivity index (χ2v) is 4.41. The fraction of sp³-hybridized carbons (Fsp3) is 0.308. The Bertz CT molecular complexity index is 602. The summed E-state index contributed by atoms with van der Waals surface area (Å²) in [5.74, 6) is 0.855. The van der Waals surface area contributed by atoms with Gasteiger partial charge in [0.25, 0.3) is 0 Å². The van der Waals surface area contributed by atoms with Gasteiger partial charge in [0.15, 0.2) is 0 Å². The Balaban J connectivity index is 2.04. The van der Waals surface area contributed by atoms with Gasteiger partial charge in [-0.2, -0.15) is 14.9 Å². The van der Waals surface area contributed by atoms with Gasteiger partial charge in [-0.3, -0.25) is 5.10 Å². The maximum Gasteiger partial charge on any atom is 0.216 e. The molecule has 6 heteroatoms. The summed E-state index contributed by atoms with van der Waals surface area (Å²) in [5.41, 5.74) is 0.956. The van der Waals surface area contributed by atoms with Gasteiger partial charge >= 0.3 is 0 Å². The third kappa shape index (κ3) is 4.03. The number of hydrogen-bond acceptors (Lipinski definition) is 4. The van der Waals surface area contributed by atoms with E-state index in [-0.39, 0.29) is 0 Å². The maximum atomic E-state index is 5.64. The summed E-state index contributed by atoms with van der Waals surface area (Å²) in [5, 5.41) is 10.6. The van der Waals surface area contributed by atoms with Crippen LogP contribution in [0, 0.1) is 4.77 Å².